The van der Waals surface area contributed by atoms with Gasteiger partial charge in [-0.2, -0.15) is 0 Å². The number of piperidine rings is 1. The van der Waals surface area contributed by atoms with E-state index in [9.17, 15) is 0 Å². The zero-order valence-electron chi connectivity index (χ0n) is 9.63. The highest BCUT2D eigenvalue weighted by molar-refractivity contribution is 4.85. The molecule has 1 aliphatic heterocycles. The molecule has 1 saturated carbocycles. The van der Waals surface area contributed by atoms with Gasteiger partial charge in [-0.05, 0) is 57.2 Å². The first-order valence-electron chi connectivity index (χ1n) is 6.15. The van der Waals surface area contributed by atoms with E-state index in [1.165, 1.54) is 45.4 Å². The Hall–Kier alpha value is -0.0800. The number of nitrogens with zero attached hydrogens (tertiary/aromatic N) is 1. The van der Waals surface area contributed by atoms with Gasteiger partial charge in [0.25, 0.3) is 0 Å². The first kappa shape index (κ1) is 10.4. The normalized spacial score (nSPS) is 37.5. The molecule has 0 amide bonds. The monoisotopic (exact) mass is 196 g/mol. The Morgan fingerprint density at radius 1 is 1.36 bits per heavy atom. The number of hydrogen-bond acceptors (Lipinski definition) is 2. The molecular weight excluding hydrogens is 172 g/mol. The van der Waals surface area contributed by atoms with Crippen molar-refractivity contribution in [3.05, 3.63) is 0 Å². The van der Waals surface area contributed by atoms with Crippen LogP contribution >= 0.6 is 0 Å². The zero-order chi connectivity index (χ0) is 9.97. The lowest BCUT2D eigenvalue weighted by Gasteiger charge is -2.27. The van der Waals surface area contributed by atoms with E-state index in [2.05, 4.69) is 24.2 Å². The highest BCUT2D eigenvalue weighted by Gasteiger charge is 2.33. The van der Waals surface area contributed by atoms with Crippen LogP contribution in [-0.2, 0) is 0 Å². The third-order valence-corrected chi connectivity index (χ3v) is 3.79. The summed E-state index contributed by atoms with van der Waals surface area (Å²) in [7, 11) is 2.29. The Bertz CT molecular complexity index is 175. The molecule has 0 radical (unpaired) electrons. The first-order chi connectivity index (χ1) is 6.75. The summed E-state index contributed by atoms with van der Waals surface area (Å²) in [6.07, 6.45) is 4.27. The standard InChI is InChI=1S/C12H24N2/c1-10-6-12(10)9-14(2)8-11-4-3-5-13-7-11/h10-13H,3-9H2,1-2H3. The van der Waals surface area contributed by atoms with Crippen LogP contribution in [0.5, 0.6) is 0 Å². The van der Waals surface area contributed by atoms with Gasteiger partial charge >= 0.3 is 0 Å². The van der Waals surface area contributed by atoms with Crippen molar-refractivity contribution in [3.8, 4) is 0 Å². The van der Waals surface area contributed by atoms with Gasteiger partial charge in [-0.25, -0.2) is 0 Å². The molecule has 1 aliphatic carbocycles. The van der Waals surface area contributed by atoms with Gasteiger partial charge in [0.05, 0.1) is 0 Å². The average molecular weight is 196 g/mol. The molecule has 3 atom stereocenters. The fourth-order valence-corrected chi connectivity index (χ4v) is 2.65. The number of hydrogen-bond donors (Lipinski definition) is 1. The van der Waals surface area contributed by atoms with Gasteiger partial charge in [0, 0.05) is 13.1 Å². The molecule has 2 fully saturated rings. The largest absolute Gasteiger partial charge is 0.316 e. The quantitative estimate of drug-likeness (QED) is 0.734. The smallest absolute Gasteiger partial charge is 0.00189 e. The van der Waals surface area contributed by atoms with Gasteiger partial charge in [-0.1, -0.05) is 6.92 Å². The Balaban J connectivity index is 1.63. The van der Waals surface area contributed by atoms with Gasteiger partial charge in [-0.3, -0.25) is 0 Å². The van der Waals surface area contributed by atoms with Crippen LogP contribution in [0.2, 0.25) is 0 Å². The Morgan fingerprint density at radius 2 is 2.14 bits per heavy atom. The van der Waals surface area contributed by atoms with Crippen molar-refractivity contribution in [3.63, 3.8) is 0 Å². The second-order valence-corrected chi connectivity index (χ2v) is 5.41. The lowest BCUT2D eigenvalue weighted by atomic mass is 9.99. The van der Waals surface area contributed by atoms with E-state index in [4.69, 9.17) is 0 Å². The molecule has 2 aliphatic rings. The molecule has 1 N–H and O–H groups in total. The van der Waals surface area contributed by atoms with Crippen LogP contribution < -0.4 is 5.32 Å². The molecular formula is C12H24N2. The molecule has 1 heterocycles. The van der Waals surface area contributed by atoms with Gasteiger partial charge in [0.2, 0.25) is 0 Å². The van der Waals surface area contributed by atoms with Gasteiger partial charge in [0.1, 0.15) is 0 Å². The molecule has 0 aromatic rings. The molecule has 3 unspecified atom stereocenters. The third-order valence-electron chi connectivity index (χ3n) is 3.79. The van der Waals surface area contributed by atoms with E-state index in [1.54, 1.807) is 0 Å². The maximum Gasteiger partial charge on any atom is 0.00189 e. The lowest BCUT2D eigenvalue weighted by molar-refractivity contribution is 0.234. The minimum absolute atomic E-state index is 0.905. The molecule has 0 aromatic heterocycles. The molecule has 1 saturated heterocycles. The van der Waals surface area contributed by atoms with E-state index in [0.29, 0.717) is 0 Å². The zero-order valence-corrected chi connectivity index (χ0v) is 9.63. The van der Waals surface area contributed by atoms with Crippen molar-refractivity contribution < 1.29 is 0 Å². The molecule has 2 rings (SSSR count). The summed E-state index contributed by atoms with van der Waals surface area (Å²) in [5.41, 5.74) is 0. The predicted octanol–water partition coefficient (Wildman–Crippen LogP) is 1.57. The molecule has 0 aromatic carbocycles. The van der Waals surface area contributed by atoms with Gasteiger partial charge in [0.15, 0.2) is 0 Å². The summed E-state index contributed by atoms with van der Waals surface area (Å²) in [5.74, 6) is 2.92. The van der Waals surface area contributed by atoms with E-state index < -0.39 is 0 Å². The topological polar surface area (TPSA) is 15.3 Å². The van der Waals surface area contributed by atoms with Crippen molar-refractivity contribution in [2.24, 2.45) is 17.8 Å². The molecule has 0 bridgehead atoms. The summed E-state index contributed by atoms with van der Waals surface area (Å²) in [6, 6.07) is 0. The van der Waals surface area contributed by atoms with Crippen LogP contribution in [0.3, 0.4) is 0 Å². The Morgan fingerprint density at radius 3 is 2.71 bits per heavy atom. The highest BCUT2D eigenvalue weighted by atomic mass is 15.1. The van der Waals surface area contributed by atoms with Crippen LogP contribution in [0.15, 0.2) is 0 Å². The van der Waals surface area contributed by atoms with Crippen LogP contribution in [0.4, 0.5) is 0 Å². The predicted molar refractivity (Wildman–Crippen MR) is 60.4 cm³/mol. The molecule has 2 heteroatoms. The van der Waals surface area contributed by atoms with Crippen molar-refractivity contribution in [2.45, 2.75) is 26.2 Å². The second kappa shape index (κ2) is 4.63. The van der Waals surface area contributed by atoms with Crippen LogP contribution in [-0.4, -0.2) is 38.1 Å². The maximum absolute atomic E-state index is 3.49. The fourth-order valence-electron chi connectivity index (χ4n) is 2.65. The van der Waals surface area contributed by atoms with Crippen molar-refractivity contribution in [1.29, 1.82) is 0 Å². The first-order valence-corrected chi connectivity index (χ1v) is 6.15. The Labute approximate surface area is 88.1 Å². The molecule has 14 heavy (non-hydrogen) atoms. The lowest BCUT2D eigenvalue weighted by Crippen LogP contribution is -2.37. The SMILES string of the molecule is CC1CC1CN(C)CC1CCCNC1. The number of rotatable bonds is 4. The summed E-state index contributed by atoms with van der Waals surface area (Å²) in [6.45, 7) is 7.49. The minimum atomic E-state index is 0.905. The average Bonchev–Trinajstić information content (AvgIpc) is 2.83. The summed E-state index contributed by atoms with van der Waals surface area (Å²) >= 11 is 0. The van der Waals surface area contributed by atoms with E-state index >= 15 is 0 Å². The minimum Gasteiger partial charge on any atom is -0.316 e. The van der Waals surface area contributed by atoms with Crippen LogP contribution in [0.25, 0.3) is 0 Å². The summed E-state index contributed by atoms with van der Waals surface area (Å²) in [4.78, 5) is 2.55. The number of nitrogens with one attached hydrogen (secondary N) is 1. The fraction of sp³-hybridized carbons (Fsp3) is 1.00. The highest BCUT2D eigenvalue weighted by Crippen LogP contribution is 2.38. The summed E-state index contributed by atoms with van der Waals surface area (Å²) < 4.78 is 0. The molecule has 2 nitrogen and oxygen atoms in total. The second-order valence-electron chi connectivity index (χ2n) is 5.41. The van der Waals surface area contributed by atoms with Gasteiger partial charge in [-0.15, -0.1) is 0 Å². The van der Waals surface area contributed by atoms with Crippen molar-refractivity contribution in [1.82, 2.24) is 10.2 Å². The third kappa shape index (κ3) is 2.96. The summed E-state index contributed by atoms with van der Waals surface area (Å²) in [5, 5.41) is 3.49. The van der Waals surface area contributed by atoms with Crippen LogP contribution in [0, 0.1) is 17.8 Å². The van der Waals surface area contributed by atoms with E-state index in [1.807, 2.05) is 0 Å². The van der Waals surface area contributed by atoms with Gasteiger partial charge < -0.3 is 10.2 Å². The van der Waals surface area contributed by atoms with Crippen LogP contribution in [0.1, 0.15) is 26.2 Å². The molecule has 82 valence electrons. The van der Waals surface area contributed by atoms with E-state index in [0.717, 1.165) is 17.8 Å². The molecule has 0 spiro atoms. The van der Waals surface area contributed by atoms with Crippen molar-refractivity contribution >= 4 is 0 Å². The Kier molecular flexibility index (Phi) is 3.45. The van der Waals surface area contributed by atoms with Crippen molar-refractivity contribution in [2.75, 3.05) is 33.2 Å². The van der Waals surface area contributed by atoms with E-state index in [-0.39, 0.29) is 0 Å². The maximum atomic E-state index is 3.49.